The summed E-state index contributed by atoms with van der Waals surface area (Å²) in [6, 6.07) is 8.50. The van der Waals surface area contributed by atoms with E-state index < -0.39 is 0 Å². The second kappa shape index (κ2) is 12.3. The molecule has 26 heavy (non-hydrogen) atoms. The van der Waals surface area contributed by atoms with Crippen LogP contribution >= 0.6 is 23.8 Å². The Hall–Kier alpha value is -2.11. The molecule has 0 spiro atoms. The lowest BCUT2D eigenvalue weighted by molar-refractivity contribution is 0.807. The van der Waals surface area contributed by atoms with Crippen LogP contribution in [0.2, 0.25) is 0 Å². The van der Waals surface area contributed by atoms with E-state index in [-0.39, 0.29) is 11.2 Å². The van der Waals surface area contributed by atoms with E-state index in [2.05, 4.69) is 33.6 Å². The summed E-state index contributed by atoms with van der Waals surface area (Å²) >= 11 is 10.9. The van der Waals surface area contributed by atoms with Gasteiger partial charge in [0.25, 0.3) is 0 Å². The van der Waals surface area contributed by atoms with Gasteiger partial charge < -0.3 is 10.6 Å². The largest absolute Gasteiger partial charge is 0.375 e. The van der Waals surface area contributed by atoms with Crippen molar-refractivity contribution in [1.29, 1.82) is 0 Å². The van der Waals surface area contributed by atoms with Crippen LogP contribution in [-0.2, 0) is 6.42 Å². The average molecular weight is 391 g/mol. The van der Waals surface area contributed by atoms with Gasteiger partial charge in [0.1, 0.15) is 0 Å². The maximum absolute atomic E-state index is 6.14. The van der Waals surface area contributed by atoms with Gasteiger partial charge in [0, 0.05) is 23.5 Å². The van der Waals surface area contributed by atoms with Gasteiger partial charge in [-0.2, -0.15) is 5.10 Å². The van der Waals surface area contributed by atoms with Crippen molar-refractivity contribution in [2.45, 2.75) is 33.2 Å². The van der Waals surface area contributed by atoms with E-state index in [1.165, 1.54) is 11.3 Å². The van der Waals surface area contributed by atoms with E-state index in [0.717, 1.165) is 13.0 Å². The normalized spacial score (nSPS) is 16.8. The first-order chi connectivity index (χ1) is 12.6. The third-order valence-corrected chi connectivity index (χ3v) is 3.92. The smallest absolute Gasteiger partial charge is 0.184 e. The van der Waals surface area contributed by atoms with E-state index in [0.29, 0.717) is 5.03 Å². The van der Waals surface area contributed by atoms with Crippen molar-refractivity contribution >= 4 is 40.8 Å². The number of nitrogens with one attached hydrogen (secondary N) is 1. The molecule has 1 aliphatic heterocycles. The lowest BCUT2D eigenvalue weighted by Crippen LogP contribution is -2.34. The Morgan fingerprint density at radius 2 is 2.15 bits per heavy atom. The molecule has 0 amide bonds. The molecule has 0 radical (unpaired) electrons. The Morgan fingerprint density at radius 3 is 2.85 bits per heavy atom. The highest BCUT2D eigenvalue weighted by Gasteiger charge is 2.26. The number of fused-ring (bicyclic) bond motifs is 1. The summed E-state index contributed by atoms with van der Waals surface area (Å²) < 4.78 is 0. The number of benzene rings is 1. The van der Waals surface area contributed by atoms with Crippen molar-refractivity contribution in [3.8, 4) is 0 Å². The molecule has 2 rings (SSSR count). The molecule has 1 aliphatic rings. The van der Waals surface area contributed by atoms with Crippen molar-refractivity contribution in [2.75, 3.05) is 11.4 Å². The first-order valence-corrected chi connectivity index (χ1v) is 9.48. The van der Waals surface area contributed by atoms with Crippen molar-refractivity contribution in [2.24, 2.45) is 10.8 Å². The van der Waals surface area contributed by atoms with Gasteiger partial charge >= 0.3 is 0 Å². The van der Waals surface area contributed by atoms with Gasteiger partial charge in [0.2, 0.25) is 0 Å². The fourth-order valence-corrected chi connectivity index (χ4v) is 2.77. The molecule has 0 saturated carbocycles. The summed E-state index contributed by atoms with van der Waals surface area (Å²) in [7, 11) is 0. The second-order valence-electron chi connectivity index (χ2n) is 5.29. The molecular formula is C20H27ClN4S. The predicted octanol–water partition coefficient (Wildman–Crippen LogP) is 4.52. The number of hydrazone groups is 1. The minimum Gasteiger partial charge on any atom is -0.375 e. The van der Waals surface area contributed by atoms with Gasteiger partial charge in [0.15, 0.2) is 5.11 Å². The monoisotopic (exact) mass is 390 g/mol. The maximum Gasteiger partial charge on any atom is 0.184 e. The molecule has 6 heteroatoms. The molecule has 1 aromatic rings. The Kier molecular flexibility index (Phi) is 10.4. The van der Waals surface area contributed by atoms with Crippen LogP contribution in [0, 0.1) is 0 Å². The number of hydrogen-bond donors (Lipinski definition) is 2. The first-order valence-electron chi connectivity index (χ1n) is 8.70. The minimum atomic E-state index is 0.146. The molecule has 3 N–H and O–H groups in total. The Labute approximate surface area is 167 Å². The zero-order chi connectivity index (χ0) is 19.4. The van der Waals surface area contributed by atoms with E-state index in [1.807, 2.05) is 63.4 Å². The molecule has 0 fully saturated rings. The van der Waals surface area contributed by atoms with Gasteiger partial charge in [0.05, 0.1) is 6.04 Å². The number of allylic oxidation sites excluding steroid dienone is 5. The average Bonchev–Trinajstić information content (AvgIpc) is 2.99. The predicted molar refractivity (Wildman–Crippen MR) is 119 cm³/mol. The van der Waals surface area contributed by atoms with E-state index in [9.17, 15) is 0 Å². The van der Waals surface area contributed by atoms with Gasteiger partial charge in [-0.1, -0.05) is 61.9 Å². The van der Waals surface area contributed by atoms with E-state index in [4.69, 9.17) is 29.6 Å². The summed E-state index contributed by atoms with van der Waals surface area (Å²) in [6.07, 6.45) is 12.4. The van der Waals surface area contributed by atoms with Crippen LogP contribution in [0.3, 0.4) is 0 Å². The Morgan fingerprint density at radius 1 is 1.42 bits per heavy atom. The standard InChI is InChI=1S/C18H21ClN4S.C2H6/c1-2-3-8-15(19)9-6-11-23-16(13-21-22-18(20)24)12-14-7-4-5-10-17(14)23;1-2/h2-10,13,16H,11-12H2,1H3,(H3,20,22,24);1-2H3/b3-2-,9-6+,15-8+,21-13+;/t16-;/m0./s1. The van der Waals surface area contributed by atoms with Gasteiger partial charge in [-0.05, 0) is 49.3 Å². The zero-order valence-corrected chi connectivity index (χ0v) is 17.1. The molecule has 0 saturated heterocycles. The van der Waals surface area contributed by atoms with Crippen LogP contribution in [0.25, 0.3) is 0 Å². The molecular weight excluding hydrogens is 364 g/mol. The van der Waals surface area contributed by atoms with E-state index >= 15 is 0 Å². The number of halogens is 1. The number of nitrogens with two attached hydrogens (primary N) is 1. The number of thiocarbonyl (C=S) groups is 1. The minimum absolute atomic E-state index is 0.146. The summed E-state index contributed by atoms with van der Waals surface area (Å²) in [4.78, 5) is 2.27. The molecule has 1 aromatic carbocycles. The fraction of sp³-hybridized carbons (Fsp3) is 0.300. The number of para-hydroxylation sites is 1. The highest BCUT2D eigenvalue weighted by Crippen LogP contribution is 2.31. The van der Waals surface area contributed by atoms with Crippen molar-refractivity contribution in [3.63, 3.8) is 0 Å². The summed E-state index contributed by atoms with van der Waals surface area (Å²) in [5.41, 5.74) is 10.5. The summed E-state index contributed by atoms with van der Waals surface area (Å²) in [5, 5.41) is 4.97. The molecule has 0 unspecified atom stereocenters. The lowest BCUT2D eigenvalue weighted by Gasteiger charge is -2.23. The highest BCUT2D eigenvalue weighted by molar-refractivity contribution is 7.80. The van der Waals surface area contributed by atoms with Crippen molar-refractivity contribution < 1.29 is 0 Å². The Balaban J connectivity index is 0.00000163. The molecule has 1 atom stereocenters. The quantitative estimate of drug-likeness (QED) is 0.324. The van der Waals surface area contributed by atoms with Crippen LogP contribution in [0.4, 0.5) is 5.69 Å². The SMILES string of the molecule is CC.C\C=C/C=C(Cl)\C=C\CN1c2ccccc2C[C@H]1/C=N/NC(N)=S. The van der Waals surface area contributed by atoms with Crippen LogP contribution in [0.1, 0.15) is 26.3 Å². The lowest BCUT2D eigenvalue weighted by atomic mass is 10.1. The van der Waals surface area contributed by atoms with Crippen LogP contribution < -0.4 is 16.1 Å². The van der Waals surface area contributed by atoms with Crippen LogP contribution in [0.15, 0.2) is 64.8 Å². The number of nitrogens with zero attached hydrogens (tertiary/aromatic N) is 2. The fourth-order valence-electron chi connectivity index (χ4n) is 2.55. The molecule has 140 valence electrons. The van der Waals surface area contributed by atoms with E-state index in [1.54, 1.807) is 0 Å². The van der Waals surface area contributed by atoms with Crippen LogP contribution in [0.5, 0.6) is 0 Å². The van der Waals surface area contributed by atoms with Gasteiger partial charge in [-0.15, -0.1) is 0 Å². The number of anilines is 1. The molecule has 1 heterocycles. The number of rotatable bonds is 6. The zero-order valence-electron chi connectivity index (χ0n) is 15.5. The van der Waals surface area contributed by atoms with Gasteiger partial charge in [-0.3, -0.25) is 5.43 Å². The van der Waals surface area contributed by atoms with Crippen molar-refractivity contribution in [3.05, 3.63) is 65.2 Å². The number of hydrogen-bond acceptors (Lipinski definition) is 3. The van der Waals surface area contributed by atoms with Crippen LogP contribution in [-0.4, -0.2) is 23.9 Å². The summed E-state index contributed by atoms with van der Waals surface area (Å²) in [6.45, 7) is 6.69. The summed E-state index contributed by atoms with van der Waals surface area (Å²) in [5.74, 6) is 0. The van der Waals surface area contributed by atoms with Gasteiger partial charge in [-0.25, -0.2) is 0 Å². The topological polar surface area (TPSA) is 53.6 Å². The highest BCUT2D eigenvalue weighted by atomic mass is 35.5. The molecule has 0 bridgehead atoms. The molecule has 0 aromatic heterocycles. The second-order valence-corrected chi connectivity index (χ2v) is 6.16. The third-order valence-electron chi connectivity index (χ3n) is 3.58. The maximum atomic E-state index is 6.14. The Bertz CT molecular complexity index is 695. The third kappa shape index (κ3) is 7.02. The molecule has 4 nitrogen and oxygen atoms in total. The first kappa shape index (κ1) is 21.9. The van der Waals surface area contributed by atoms with Crippen molar-refractivity contribution in [1.82, 2.24) is 5.43 Å². The molecule has 0 aliphatic carbocycles.